The minimum atomic E-state index is 0.909. The van der Waals surface area contributed by atoms with Crippen LogP contribution in [0.3, 0.4) is 0 Å². The van der Waals surface area contributed by atoms with E-state index in [9.17, 15) is 0 Å². The van der Waals surface area contributed by atoms with Crippen molar-refractivity contribution >= 4 is 27.0 Å². The third-order valence-electron chi connectivity index (χ3n) is 3.48. The topological polar surface area (TPSA) is 28.7 Å². The molecule has 3 aromatic rings. The Kier molecular flexibility index (Phi) is 2.94. The molecule has 0 spiro atoms. The Hall–Kier alpha value is -1.61. The van der Waals surface area contributed by atoms with Crippen LogP contribution in [0.1, 0.15) is 16.7 Å². The molecule has 0 aliphatic heterocycles. The summed E-state index contributed by atoms with van der Waals surface area (Å²) in [6.45, 7) is 6.32. The molecule has 1 heterocycles. The molecule has 96 valence electrons. The van der Waals surface area contributed by atoms with E-state index in [1.807, 2.05) is 0 Å². The number of H-pyrrole nitrogens is 1. The highest BCUT2D eigenvalue weighted by atomic mass is 79.9. The van der Waals surface area contributed by atoms with E-state index >= 15 is 0 Å². The summed E-state index contributed by atoms with van der Waals surface area (Å²) in [7, 11) is 0. The minimum absolute atomic E-state index is 0.909. The van der Waals surface area contributed by atoms with Gasteiger partial charge in [-0.25, -0.2) is 4.98 Å². The number of imidazole rings is 1. The van der Waals surface area contributed by atoms with Crippen LogP contribution in [0.4, 0.5) is 0 Å². The normalized spacial score (nSPS) is 11.2. The largest absolute Gasteiger partial charge is 0.338 e. The van der Waals surface area contributed by atoms with Crippen LogP contribution >= 0.6 is 15.9 Å². The third-order valence-corrected chi connectivity index (χ3v) is 4.13. The van der Waals surface area contributed by atoms with Crippen molar-refractivity contribution in [3.05, 3.63) is 51.5 Å². The van der Waals surface area contributed by atoms with Gasteiger partial charge in [0.1, 0.15) is 5.82 Å². The lowest BCUT2D eigenvalue weighted by Gasteiger charge is -2.01. The van der Waals surface area contributed by atoms with Gasteiger partial charge >= 0.3 is 0 Å². The number of aryl methyl sites for hydroxylation is 3. The Balaban J connectivity index is 2.20. The van der Waals surface area contributed by atoms with E-state index in [1.165, 1.54) is 16.7 Å². The second kappa shape index (κ2) is 4.49. The molecule has 19 heavy (non-hydrogen) atoms. The second-order valence-corrected chi connectivity index (χ2v) is 5.88. The number of nitrogens with zero attached hydrogens (tertiary/aromatic N) is 1. The highest BCUT2D eigenvalue weighted by molar-refractivity contribution is 9.10. The molecule has 0 unspecified atom stereocenters. The van der Waals surface area contributed by atoms with Crippen molar-refractivity contribution in [2.45, 2.75) is 20.8 Å². The fraction of sp³-hybridized carbons (Fsp3) is 0.188. The fourth-order valence-electron chi connectivity index (χ4n) is 2.21. The number of rotatable bonds is 1. The maximum atomic E-state index is 4.69. The Morgan fingerprint density at radius 1 is 1.00 bits per heavy atom. The van der Waals surface area contributed by atoms with E-state index < -0.39 is 0 Å². The van der Waals surface area contributed by atoms with Gasteiger partial charge in [-0.15, -0.1) is 0 Å². The predicted molar refractivity (Wildman–Crippen MR) is 83.4 cm³/mol. The molecule has 0 atom stereocenters. The summed E-state index contributed by atoms with van der Waals surface area (Å²) in [5.41, 5.74) is 6.99. The van der Waals surface area contributed by atoms with Crippen LogP contribution in [-0.2, 0) is 0 Å². The third kappa shape index (κ3) is 2.19. The van der Waals surface area contributed by atoms with Crippen molar-refractivity contribution in [2.24, 2.45) is 0 Å². The molecule has 0 bridgehead atoms. The molecule has 2 aromatic carbocycles. The number of aromatic amines is 1. The van der Waals surface area contributed by atoms with E-state index in [2.05, 4.69) is 77.0 Å². The van der Waals surface area contributed by atoms with Crippen LogP contribution in [0.5, 0.6) is 0 Å². The molecule has 1 aromatic heterocycles. The molecule has 0 aliphatic carbocycles. The molecule has 0 radical (unpaired) electrons. The van der Waals surface area contributed by atoms with Crippen molar-refractivity contribution in [1.29, 1.82) is 0 Å². The van der Waals surface area contributed by atoms with E-state index in [0.717, 1.165) is 26.9 Å². The van der Waals surface area contributed by atoms with Gasteiger partial charge in [0.25, 0.3) is 0 Å². The Bertz CT molecular complexity index is 733. The lowest BCUT2D eigenvalue weighted by molar-refractivity contribution is 1.32. The number of benzene rings is 2. The number of aromatic nitrogens is 2. The smallest absolute Gasteiger partial charge is 0.139 e. The zero-order chi connectivity index (χ0) is 13.6. The van der Waals surface area contributed by atoms with E-state index in [0.29, 0.717) is 0 Å². The highest BCUT2D eigenvalue weighted by Gasteiger charge is 2.09. The Morgan fingerprint density at radius 2 is 1.74 bits per heavy atom. The Morgan fingerprint density at radius 3 is 2.47 bits per heavy atom. The van der Waals surface area contributed by atoms with Crippen LogP contribution in [0, 0.1) is 20.8 Å². The van der Waals surface area contributed by atoms with Gasteiger partial charge in [0.15, 0.2) is 0 Å². The molecular weight excluding hydrogens is 300 g/mol. The van der Waals surface area contributed by atoms with Crippen molar-refractivity contribution in [3.63, 3.8) is 0 Å². The second-order valence-electron chi connectivity index (χ2n) is 5.02. The van der Waals surface area contributed by atoms with Crippen molar-refractivity contribution in [3.8, 4) is 11.4 Å². The van der Waals surface area contributed by atoms with Crippen LogP contribution in [0.15, 0.2) is 34.8 Å². The van der Waals surface area contributed by atoms with Crippen molar-refractivity contribution in [2.75, 3.05) is 0 Å². The van der Waals surface area contributed by atoms with Crippen LogP contribution in [0.2, 0.25) is 0 Å². The average molecular weight is 315 g/mol. The number of fused-ring (bicyclic) bond motifs is 1. The maximum absolute atomic E-state index is 4.69. The molecule has 2 nitrogen and oxygen atoms in total. The van der Waals surface area contributed by atoms with Gasteiger partial charge in [-0.3, -0.25) is 0 Å². The molecule has 0 amide bonds. The van der Waals surface area contributed by atoms with Gasteiger partial charge in [0.05, 0.1) is 11.0 Å². The number of hydrogen-bond donors (Lipinski definition) is 1. The quantitative estimate of drug-likeness (QED) is 0.678. The summed E-state index contributed by atoms with van der Waals surface area (Å²) in [5.74, 6) is 0.909. The number of nitrogens with one attached hydrogen (secondary N) is 1. The standard InChI is InChI=1S/C16H15BrN2/c1-9-4-5-12(13(17)6-9)16-18-14-7-10(2)11(3)8-15(14)19-16/h4-8H,1-3H3,(H,18,19). The predicted octanol–water partition coefficient (Wildman–Crippen LogP) is 4.92. The minimum Gasteiger partial charge on any atom is -0.338 e. The summed E-state index contributed by atoms with van der Waals surface area (Å²) < 4.78 is 1.07. The first kappa shape index (κ1) is 12.4. The fourth-order valence-corrected chi connectivity index (χ4v) is 2.89. The summed E-state index contributed by atoms with van der Waals surface area (Å²) in [6, 6.07) is 10.6. The number of halogens is 1. The summed E-state index contributed by atoms with van der Waals surface area (Å²) in [4.78, 5) is 8.09. The summed E-state index contributed by atoms with van der Waals surface area (Å²) >= 11 is 3.61. The highest BCUT2D eigenvalue weighted by Crippen LogP contribution is 2.29. The molecule has 0 fully saturated rings. The van der Waals surface area contributed by atoms with Crippen LogP contribution in [-0.4, -0.2) is 9.97 Å². The molecule has 3 rings (SSSR count). The van der Waals surface area contributed by atoms with Crippen molar-refractivity contribution in [1.82, 2.24) is 9.97 Å². The molecule has 0 saturated carbocycles. The lowest BCUT2D eigenvalue weighted by Crippen LogP contribution is -1.83. The first-order valence-electron chi connectivity index (χ1n) is 6.28. The monoisotopic (exact) mass is 314 g/mol. The molecule has 3 heteroatoms. The average Bonchev–Trinajstić information content (AvgIpc) is 2.72. The lowest BCUT2D eigenvalue weighted by atomic mass is 10.1. The molecule has 0 saturated heterocycles. The zero-order valence-corrected chi connectivity index (χ0v) is 12.8. The SMILES string of the molecule is Cc1ccc(-c2nc3cc(C)c(C)cc3[nH]2)c(Br)c1. The van der Waals surface area contributed by atoms with E-state index in [4.69, 9.17) is 0 Å². The van der Waals surface area contributed by atoms with Gasteiger partial charge in [0, 0.05) is 10.0 Å². The van der Waals surface area contributed by atoms with Crippen molar-refractivity contribution < 1.29 is 0 Å². The van der Waals surface area contributed by atoms with E-state index in [1.54, 1.807) is 0 Å². The molecule has 1 N–H and O–H groups in total. The van der Waals surface area contributed by atoms with Gasteiger partial charge in [0.2, 0.25) is 0 Å². The summed E-state index contributed by atoms with van der Waals surface area (Å²) in [6.07, 6.45) is 0. The first-order valence-corrected chi connectivity index (χ1v) is 7.07. The first-order chi connectivity index (χ1) is 9.04. The summed E-state index contributed by atoms with van der Waals surface area (Å²) in [5, 5.41) is 0. The van der Waals surface area contributed by atoms with Gasteiger partial charge < -0.3 is 4.98 Å². The van der Waals surface area contributed by atoms with Gasteiger partial charge in [-0.05, 0) is 61.7 Å². The zero-order valence-electron chi connectivity index (χ0n) is 11.2. The maximum Gasteiger partial charge on any atom is 0.139 e. The molecular formula is C16H15BrN2. The number of hydrogen-bond acceptors (Lipinski definition) is 1. The van der Waals surface area contributed by atoms with Crippen LogP contribution < -0.4 is 0 Å². The van der Waals surface area contributed by atoms with Gasteiger partial charge in [-0.2, -0.15) is 0 Å². The van der Waals surface area contributed by atoms with Gasteiger partial charge in [-0.1, -0.05) is 22.0 Å². The Labute approximate surface area is 121 Å². The van der Waals surface area contributed by atoms with E-state index in [-0.39, 0.29) is 0 Å². The molecule has 0 aliphatic rings. The van der Waals surface area contributed by atoms with Crippen LogP contribution in [0.25, 0.3) is 22.4 Å².